The van der Waals surface area contributed by atoms with Gasteiger partial charge in [-0.3, -0.25) is 9.88 Å². The molecule has 31 heavy (non-hydrogen) atoms. The van der Waals surface area contributed by atoms with Crippen LogP contribution in [-0.2, 0) is 22.9 Å². The summed E-state index contributed by atoms with van der Waals surface area (Å²) in [7, 11) is 2.99. The van der Waals surface area contributed by atoms with Crippen molar-refractivity contribution in [3.63, 3.8) is 0 Å². The van der Waals surface area contributed by atoms with Gasteiger partial charge in [0.2, 0.25) is 5.82 Å². The van der Waals surface area contributed by atoms with Gasteiger partial charge >= 0.3 is 12.2 Å². The summed E-state index contributed by atoms with van der Waals surface area (Å²) in [4.78, 5) is 31.3. The van der Waals surface area contributed by atoms with Crippen LogP contribution in [0.1, 0.15) is 5.56 Å². The van der Waals surface area contributed by atoms with Gasteiger partial charge in [0.15, 0.2) is 0 Å². The lowest BCUT2D eigenvalue weighted by Crippen LogP contribution is -2.40. The predicted molar refractivity (Wildman–Crippen MR) is 108 cm³/mol. The number of cyclic esters (lactones) is 1. The minimum absolute atomic E-state index is 0.168. The Balaban J connectivity index is 1.36. The molecule has 2 amide bonds. The average molecular weight is 421 g/mol. The summed E-state index contributed by atoms with van der Waals surface area (Å²) >= 11 is 0. The zero-order chi connectivity index (χ0) is 21.5. The number of tetrazole rings is 1. The molecule has 2 aromatic heterocycles. The fourth-order valence-electron chi connectivity index (χ4n) is 3.97. The first-order valence-corrected chi connectivity index (χ1v) is 9.69. The molecule has 158 valence electrons. The van der Waals surface area contributed by atoms with Crippen molar-refractivity contribution in [1.29, 1.82) is 0 Å². The fourth-order valence-corrected chi connectivity index (χ4v) is 3.97. The molecule has 1 N–H and O–H groups in total. The molecule has 0 radical (unpaired) electrons. The Kier molecular flexibility index (Phi) is 4.50. The number of alkyl carbamates (subject to hydrolysis) is 1. The van der Waals surface area contributed by atoms with Crippen molar-refractivity contribution < 1.29 is 19.1 Å². The highest BCUT2D eigenvalue weighted by molar-refractivity contribution is 5.94. The van der Waals surface area contributed by atoms with Gasteiger partial charge in [0.25, 0.3) is 0 Å². The van der Waals surface area contributed by atoms with Gasteiger partial charge in [-0.15, -0.1) is 10.2 Å². The van der Waals surface area contributed by atoms with Crippen molar-refractivity contribution in [2.24, 2.45) is 7.05 Å². The van der Waals surface area contributed by atoms with E-state index in [0.29, 0.717) is 17.9 Å². The Morgan fingerprint density at radius 3 is 2.84 bits per heavy atom. The summed E-state index contributed by atoms with van der Waals surface area (Å²) < 4.78 is 10.0. The van der Waals surface area contributed by atoms with Crippen molar-refractivity contribution in [3.05, 3.63) is 42.1 Å². The van der Waals surface area contributed by atoms with E-state index in [2.05, 4.69) is 36.5 Å². The lowest BCUT2D eigenvalue weighted by Gasteiger charge is -2.16. The minimum Gasteiger partial charge on any atom is -0.453 e. The number of anilines is 1. The molecule has 1 aromatic carbocycles. The largest absolute Gasteiger partial charge is 0.453 e. The van der Waals surface area contributed by atoms with Crippen LogP contribution in [0.2, 0.25) is 0 Å². The first-order valence-electron chi connectivity index (χ1n) is 9.69. The molecule has 0 saturated carbocycles. The molecule has 5 rings (SSSR count). The quantitative estimate of drug-likeness (QED) is 0.673. The number of nitrogens with one attached hydrogen (secondary N) is 1. The van der Waals surface area contributed by atoms with Gasteiger partial charge in [0, 0.05) is 11.8 Å². The van der Waals surface area contributed by atoms with Crippen molar-refractivity contribution in [3.8, 4) is 22.6 Å². The molecule has 2 aliphatic rings. The van der Waals surface area contributed by atoms with E-state index in [0.717, 1.165) is 22.4 Å². The van der Waals surface area contributed by atoms with Crippen LogP contribution in [0, 0.1) is 0 Å². The average Bonchev–Trinajstić information content (AvgIpc) is 3.46. The maximum Gasteiger partial charge on any atom is 0.415 e. The van der Waals surface area contributed by atoms with E-state index in [1.165, 1.54) is 11.9 Å². The normalized spacial score (nSPS) is 19.0. The van der Waals surface area contributed by atoms with Gasteiger partial charge in [-0.25, -0.2) is 9.59 Å². The second-order valence-electron chi connectivity index (χ2n) is 7.31. The van der Waals surface area contributed by atoms with E-state index >= 15 is 0 Å². The first-order chi connectivity index (χ1) is 15.0. The highest BCUT2D eigenvalue weighted by Gasteiger charge is 2.47. The van der Waals surface area contributed by atoms with E-state index in [1.807, 2.05) is 24.3 Å². The second kappa shape index (κ2) is 7.35. The Labute approximate surface area is 177 Å². The van der Waals surface area contributed by atoms with Gasteiger partial charge in [-0.2, -0.15) is 4.80 Å². The van der Waals surface area contributed by atoms with Crippen LogP contribution in [0.3, 0.4) is 0 Å². The van der Waals surface area contributed by atoms with Crippen LogP contribution in [0.15, 0.2) is 36.5 Å². The van der Waals surface area contributed by atoms with Gasteiger partial charge in [-0.05, 0) is 41.0 Å². The SMILES string of the molecule is COC(=O)NCC1OC(=O)N2c3ccc(-c4ccc(-c5nnn(C)n5)nc4)cc3CC12. The topological polar surface area (TPSA) is 124 Å². The van der Waals surface area contributed by atoms with Gasteiger partial charge < -0.3 is 14.8 Å². The number of aryl methyl sites for hydroxylation is 1. The van der Waals surface area contributed by atoms with Crippen molar-refractivity contribution >= 4 is 17.9 Å². The Morgan fingerprint density at radius 1 is 1.29 bits per heavy atom. The van der Waals surface area contributed by atoms with E-state index in [-0.39, 0.29) is 12.6 Å². The summed E-state index contributed by atoms with van der Waals surface area (Å²) in [5.74, 6) is 0.466. The molecule has 0 bridgehead atoms. The monoisotopic (exact) mass is 421 g/mol. The summed E-state index contributed by atoms with van der Waals surface area (Å²) in [6.07, 6.45) is 0.997. The van der Waals surface area contributed by atoms with Crippen LogP contribution in [0.5, 0.6) is 0 Å². The first kappa shape index (κ1) is 19.0. The Morgan fingerprint density at radius 2 is 2.13 bits per heavy atom. The number of fused-ring (bicyclic) bond motifs is 3. The highest BCUT2D eigenvalue weighted by Crippen LogP contribution is 2.40. The van der Waals surface area contributed by atoms with Gasteiger partial charge in [-0.1, -0.05) is 12.1 Å². The van der Waals surface area contributed by atoms with Crippen molar-refractivity contribution in [2.45, 2.75) is 18.6 Å². The Hall–Kier alpha value is -4.02. The number of aromatic nitrogens is 5. The van der Waals surface area contributed by atoms with Gasteiger partial charge in [0.1, 0.15) is 11.8 Å². The molecule has 0 aliphatic carbocycles. The smallest absolute Gasteiger partial charge is 0.415 e. The molecule has 2 unspecified atom stereocenters. The Bertz CT molecular complexity index is 1160. The van der Waals surface area contributed by atoms with E-state index in [9.17, 15) is 9.59 Å². The van der Waals surface area contributed by atoms with Crippen LogP contribution in [-0.4, -0.2) is 63.2 Å². The van der Waals surface area contributed by atoms with E-state index in [4.69, 9.17) is 4.74 Å². The lowest BCUT2D eigenvalue weighted by molar-refractivity contribution is 0.123. The zero-order valence-corrected chi connectivity index (χ0v) is 16.8. The number of hydrogen-bond donors (Lipinski definition) is 1. The van der Waals surface area contributed by atoms with Crippen LogP contribution in [0.4, 0.5) is 15.3 Å². The molecule has 2 atom stereocenters. The maximum atomic E-state index is 12.4. The summed E-state index contributed by atoms with van der Waals surface area (Å²) in [5.41, 5.74) is 4.44. The number of hydrogen-bond acceptors (Lipinski definition) is 8. The summed E-state index contributed by atoms with van der Waals surface area (Å²) in [6, 6.07) is 9.56. The molecule has 1 fully saturated rings. The van der Waals surface area contributed by atoms with E-state index < -0.39 is 18.3 Å². The molecule has 0 spiro atoms. The molecule has 1 saturated heterocycles. The third kappa shape index (κ3) is 3.33. The number of carbonyl (C=O) groups is 2. The molecule has 11 heteroatoms. The third-order valence-electron chi connectivity index (χ3n) is 5.44. The zero-order valence-electron chi connectivity index (χ0n) is 16.8. The van der Waals surface area contributed by atoms with E-state index in [1.54, 1.807) is 18.1 Å². The predicted octanol–water partition coefficient (Wildman–Crippen LogP) is 1.54. The number of benzene rings is 1. The molecule has 2 aliphatic heterocycles. The van der Waals surface area contributed by atoms with Crippen molar-refractivity contribution in [1.82, 2.24) is 30.5 Å². The summed E-state index contributed by atoms with van der Waals surface area (Å²) in [6.45, 7) is 0.197. The number of pyridine rings is 1. The van der Waals surface area contributed by atoms with Crippen LogP contribution in [0.25, 0.3) is 22.6 Å². The minimum atomic E-state index is -0.556. The number of methoxy groups -OCH3 is 1. The summed E-state index contributed by atoms with van der Waals surface area (Å²) in [5, 5.41) is 14.6. The maximum absolute atomic E-state index is 12.4. The molecular formula is C20H19N7O4. The lowest BCUT2D eigenvalue weighted by atomic mass is 10.0. The number of amides is 2. The number of rotatable bonds is 4. The van der Waals surface area contributed by atoms with Crippen LogP contribution < -0.4 is 10.2 Å². The van der Waals surface area contributed by atoms with Gasteiger partial charge in [0.05, 0.1) is 32.4 Å². The molecule has 3 aromatic rings. The number of carbonyl (C=O) groups excluding carboxylic acids is 2. The number of nitrogens with zero attached hydrogens (tertiary/aromatic N) is 6. The highest BCUT2D eigenvalue weighted by atomic mass is 16.6. The third-order valence-corrected chi connectivity index (χ3v) is 5.44. The fraction of sp³-hybridized carbons (Fsp3) is 0.300. The standard InChI is InChI=1S/C20H19N7O4/c1-26-24-18(23-25-26)14-5-3-12(9-21-14)11-4-6-15-13(7-11)8-16-17(10-22-19(28)30-2)31-20(29)27(15)16/h3-7,9,16-17H,8,10H2,1-2H3,(H,22,28). The molecule has 11 nitrogen and oxygen atoms in total. The van der Waals surface area contributed by atoms with Crippen LogP contribution >= 0.6 is 0 Å². The molecular weight excluding hydrogens is 402 g/mol. The second-order valence-corrected chi connectivity index (χ2v) is 7.31. The van der Waals surface area contributed by atoms with Crippen molar-refractivity contribution in [2.75, 3.05) is 18.6 Å². The number of ether oxygens (including phenoxy) is 2. The molecule has 4 heterocycles.